The van der Waals surface area contributed by atoms with Gasteiger partial charge in [-0.2, -0.15) is 0 Å². The minimum Gasteiger partial charge on any atom is -0.508 e. The number of nitrogens with zero attached hydrogens (tertiary/aromatic N) is 3. The summed E-state index contributed by atoms with van der Waals surface area (Å²) in [4.78, 5) is 110. The Balaban J connectivity index is 0.893. The van der Waals surface area contributed by atoms with Gasteiger partial charge in [-0.1, -0.05) is 38.2 Å². The number of aliphatic hydroxyl groups excluding tert-OH is 2. The molecule has 21 heteroatoms. The van der Waals surface area contributed by atoms with E-state index in [4.69, 9.17) is 19.9 Å². The quantitative estimate of drug-likeness (QED) is 0.0418. The van der Waals surface area contributed by atoms with Gasteiger partial charge in [0.2, 0.25) is 11.7 Å². The van der Waals surface area contributed by atoms with Crippen molar-refractivity contribution in [3.8, 4) is 5.75 Å². The average molecular weight is 1010 g/mol. The first-order valence-corrected chi connectivity index (χ1v) is 25.2. The smallest absolute Gasteiger partial charge is 0.355 e. The molecule has 1 saturated heterocycles. The lowest BCUT2D eigenvalue weighted by atomic mass is 9.57. The fourth-order valence-corrected chi connectivity index (χ4v) is 12.2. The summed E-state index contributed by atoms with van der Waals surface area (Å²) in [6.07, 6.45) is 5.38. The first-order chi connectivity index (χ1) is 33.3. The van der Waals surface area contributed by atoms with Gasteiger partial charge in [0.05, 0.1) is 24.6 Å². The number of benzene rings is 1. The van der Waals surface area contributed by atoms with Crippen LogP contribution in [0.1, 0.15) is 80.7 Å². The molecule has 2 aliphatic heterocycles. The second kappa shape index (κ2) is 21.5. The lowest BCUT2D eigenvalue weighted by molar-refractivity contribution is -0.153. The molecule has 7 rings (SSSR count). The summed E-state index contributed by atoms with van der Waals surface area (Å²) in [6.45, 7) is 1.18. The fourth-order valence-electron chi connectivity index (χ4n) is 10.1. The predicted molar refractivity (Wildman–Crippen MR) is 257 cm³/mol. The van der Waals surface area contributed by atoms with Gasteiger partial charge in [0.15, 0.2) is 11.4 Å². The van der Waals surface area contributed by atoms with Crippen LogP contribution >= 0.6 is 23.1 Å². The van der Waals surface area contributed by atoms with Crippen molar-refractivity contribution in [1.29, 1.82) is 0 Å². The van der Waals surface area contributed by atoms with Gasteiger partial charge in [-0.3, -0.25) is 43.4 Å². The van der Waals surface area contributed by atoms with Crippen LogP contribution in [0.2, 0.25) is 0 Å². The highest BCUT2D eigenvalue weighted by atomic mass is 32.2. The molecule has 1 aromatic heterocycles. The number of β-lactam (4-membered cyclic amide) rings is 1. The highest BCUT2D eigenvalue weighted by Crippen LogP contribution is 2.54. The first kappa shape index (κ1) is 51.8. The number of thiophene rings is 1. The van der Waals surface area contributed by atoms with E-state index in [9.17, 15) is 53.7 Å². The van der Waals surface area contributed by atoms with Crippen LogP contribution in [0.25, 0.3) is 5.76 Å². The van der Waals surface area contributed by atoms with Gasteiger partial charge >= 0.3 is 17.9 Å². The number of nitrogens with one attached hydrogen (secondary N) is 1. The van der Waals surface area contributed by atoms with Gasteiger partial charge in [0.1, 0.15) is 46.6 Å². The number of carbonyl (C=O) groups excluding carboxylic acids is 8. The number of rotatable bonds is 20. The number of ketones is 2. The van der Waals surface area contributed by atoms with Crippen LogP contribution < -0.4 is 20.7 Å². The predicted octanol–water partition coefficient (Wildman–Crippen LogP) is 3.42. The van der Waals surface area contributed by atoms with Crippen molar-refractivity contribution in [2.75, 3.05) is 52.1 Å². The number of aliphatic hydroxyl groups is 3. The third-order valence-corrected chi connectivity index (χ3v) is 15.7. The third kappa shape index (κ3) is 10.1. The number of anilines is 1. The lowest BCUT2D eigenvalue weighted by Crippen LogP contribution is -2.70. The molecular formula is C49H59N5O14S2. The Kier molecular flexibility index (Phi) is 15.9. The maximum Gasteiger partial charge on any atom is 0.355 e. The number of nitrogens with two attached hydrogens (primary N) is 1. The number of thioether (sulfide) groups is 1. The van der Waals surface area contributed by atoms with Crippen LogP contribution in [0.4, 0.5) is 5.69 Å². The van der Waals surface area contributed by atoms with E-state index in [0.29, 0.717) is 41.8 Å². The molecule has 6 N–H and O–H groups in total. The van der Waals surface area contributed by atoms with Crippen molar-refractivity contribution in [1.82, 2.24) is 15.1 Å². The molecule has 1 aromatic carbocycles. The van der Waals surface area contributed by atoms with Gasteiger partial charge in [-0.15, -0.1) is 23.1 Å². The molecule has 1 saturated carbocycles. The monoisotopic (exact) mass is 1010 g/mol. The number of amides is 3. The van der Waals surface area contributed by atoms with E-state index in [1.807, 2.05) is 22.4 Å². The molecule has 0 unspecified atom stereocenters. The molecule has 5 aliphatic rings. The fraction of sp³-hybridized carbons (Fsp3) is 0.510. The Labute approximate surface area is 413 Å². The number of carbonyl (C=O) groups is 8. The van der Waals surface area contributed by atoms with Gasteiger partial charge in [0, 0.05) is 60.8 Å². The molecule has 3 aliphatic carbocycles. The van der Waals surface area contributed by atoms with Crippen LogP contribution in [0.3, 0.4) is 0 Å². The summed E-state index contributed by atoms with van der Waals surface area (Å²) >= 11 is 2.81. The number of esters is 3. The Morgan fingerprint density at radius 1 is 0.957 bits per heavy atom. The molecule has 19 nitrogen and oxygen atoms in total. The Bertz CT molecular complexity index is 2570. The van der Waals surface area contributed by atoms with Crippen molar-refractivity contribution < 1.29 is 67.9 Å². The van der Waals surface area contributed by atoms with Crippen molar-refractivity contribution in [3.63, 3.8) is 0 Å². The number of fused-ring (bicyclic) bond motifs is 4. The summed E-state index contributed by atoms with van der Waals surface area (Å²) < 4.78 is 16.6. The molecule has 0 radical (unpaired) electrons. The highest BCUT2D eigenvalue weighted by molar-refractivity contribution is 8.00. The number of ether oxygens (including phenoxy) is 3. The molecule has 2 fully saturated rings. The second-order valence-electron chi connectivity index (χ2n) is 18.6. The standard InChI is InChI=1S/C49H59N5O14S2/c1-25(55)67-23-27-24-70-47-38(51-33(56)22-28-14-13-19-69-28)46(63)54(47)39(27)48(64)66-18-12-10-8-6-7-9-11-15-34(57)68-32-17-16-31(52(2)3)29-20-26-21-30-40(53(4)5)42(59)37(45(50)62)44(61)49(30,65)43(60)35(26)41(58)36(29)32/h13-14,16-17,19,26,30,38,40,47,58,61,65H,6-12,15,18,20-24H2,1-5H3,(H2,50,62)(H,51,56)/t26-,30-,38-,40-,47-,49-/m1/s1. The minimum absolute atomic E-state index is 0.00737. The molecule has 70 heavy (non-hydrogen) atoms. The van der Waals surface area contributed by atoms with Crippen molar-refractivity contribution in [3.05, 3.63) is 73.8 Å². The lowest BCUT2D eigenvalue weighted by Gasteiger charge is -2.50. The number of hydrogen-bond acceptors (Lipinski definition) is 18. The van der Waals surface area contributed by atoms with Gasteiger partial charge in [-0.05, 0) is 74.8 Å². The van der Waals surface area contributed by atoms with Crippen molar-refractivity contribution in [2.24, 2.45) is 17.6 Å². The zero-order valence-corrected chi connectivity index (χ0v) is 41.4. The molecule has 0 bridgehead atoms. The van der Waals surface area contributed by atoms with Crippen LogP contribution in [0.15, 0.2) is 57.8 Å². The summed E-state index contributed by atoms with van der Waals surface area (Å²) in [5.41, 5.74) is 3.49. The molecule has 3 amide bonds. The zero-order chi connectivity index (χ0) is 50.8. The third-order valence-electron chi connectivity index (χ3n) is 13.4. The zero-order valence-electron chi connectivity index (χ0n) is 39.7. The maximum absolute atomic E-state index is 14.4. The van der Waals surface area contributed by atoms with Crippen LogP contribution in [0.5, 0.6) is 5.75 Å². The normalized spacial score (nSPS) is 23.8. The van der Waals surface area contributed by atoms with E-state index in [-0.39, 0.29) is 67.4 Å². The molecular weight excluding hydrogens is 947 g/mol. The maximum atomic E-state index is 14.4. The summed E-state index contributed by atoms with van der Waals surface area (Å²) in [6, 6.07) is 4.96. The highest BCUT2D eigenvalue weighted by Gasteiger charge is 2.64. The summed E-state index contributed by atoms with van der Waals surface area (Å²) in [5, 5.41) is 39.2. The summed E-state index contributed by atoms with van der Waals surface area (Å²) in [5.74, 6) is -8.98. The molecule has 0 spiro atoms. The van der Waals surface area contributed by atoms with E-state index >= 15 is 0 Å². The van der Waals surface area contributed by atoms with E-state index in [0.717, 1.165) is 30.6 Å². The Morgan fingerprint density at radius 3 is 2.30 bits per heavy atom. The molecule has 6 atom stereocenters. The van der Waals surface area contributed by atoms with Crippen molar-refractivity contribution in [2.45, 2.75) is 101 Å². The van der Waals surface area contributed by atoms with Crippen LogP contribution in [0, 0.1) is 11.8 Å². The number of hydrogen-bond donors (Lipinski definition) is 5. The largest absolute Gasteiger partial charge is 0.508 e. The summed E-state index contributed by atoms with van der Waals surface area (Å²) in [7, 11) is 6.70. The SMILES string of the molecule is CC(=O)OCC1=C(C(=O)OCCCCCCCCCC(=O)Oc2ccc(N(C)C)c3c2C(O)=C2C(=O)[C@@]4(O)C(O)=C(C(N)=O)C(=O)[C@H](N(C)C)[C@H]4C[C@H]2C3)N2C(=O)[C@@H](NC(=O)Cc3cccs3)[C@H]2SC1. The van der Waals surface area contributed by atoms with Gasteiger partial charge in [0.25, 0.3) is 11.8 Å². The molecule has 376 valence electrons. The van der Waals surface area contributed by atoms with E-state index in [1.165, 1.54) is 45.9 Å². The molecule has 2 aromatic rings. The van der Waals surface area contributed by atoms with Crippen molar-refractivity contribution >= 4 is 81.7 Å². The van der Waals surface area contributed by atoms with E-state index in [1.54, 1.807) is 34.3 Å². The van der Waals surface area contributed by atoms with Crippen LogP contribution in [-0.2, 0) is 60.7 Å². The van der Waals surface area contributed by atoms with E-state index < -0.39 is 93.3 Å². The number of likely N-dealkylation sites (N-methyl/N-ethyl adjacent to an activating group) is 1. The topological polar surface area (TPSA) is 273 Å². The average Bonchev–Trinajstić information content (AvgIpc) is 3.81. The van der Waals surface area contributed by atoms with E-state index in [2.05, 4.69) is 5.32 Å². The minimum atomic E-state index is -2.74. The molecule has 3 heterocycles. The number of unbranched alkanes of at least 4 members (excludes halogenated alkanes) is 6. The van der Waals surface area contributed by atoms with Gasteiger partial charge < -0.3 is 45.5 Å². The number of primary amides is 1. The Morgan fingerprint density at radius 2 is 1.66 bits per heavy atom. The second-order valence-corrected chi connectivity index (χ2v) is 20.7. The Hall–Kier alpha value is -6.03. The van der Waals surface area contributed by atoms with Crippen LogP contribution in [-0.4, -0.2) is 143 Å². The number of Topliss-reactive ketones (excluding diaryl/α,β-unsaturated/α-hetero) is 2. The first-order valence-electron chi connectivity index (χ1n) is 23.2. The van der Waals surface area contributed by atoms with Gasteiger partial charge in [-0.25, -0.2) is 4.79 Å².